The normalized spacial score (nSPS) is 20.8. The molecule has 1 fully saturated rings. The summed E-state index contributed by atoms with van der Waals surface area (Å²) in [5, 5.41) is 0. The molecule has 4 heteroatoms. The number of hydrogen-bond acceptors (Lipinski definition) is 4. The van der Waals surface area contributed by atoms with Crippen LogP contribution in [0, 0.1) is 5.92 Å². The van der Waals surface area contributed by atoms with Gasteiger partial charge >= 0.3 is 5.97 Å². The van der Waals surface area contributed by atoms with Gasteiger partial charge in [-0.3, -0.25) is 9.59 Å². The predicted molar refractivity (Wildman–Crippen MR) is 49.8 cm³/mol. The number of rotatable bonds is 5. The highest BCUT2D eigenvalue weighted by Crippen LogP contribution is 2.15. The van der Waals surface area contributed by atoms with Gasteiger partial charge in [0.25, 0.3) is 0 Å². The molecule has 1 aliphatic heterocycles. The van der Waals surface area contributed by atoms with Gasteiger partial charge in [0.05, 0.1) is 19.6 Å². The van der Waals surface area contributed by atoms with Crippen molar-refractivity contribution in [3.05, 3.63) is 0 Å². The molecule has 14 heavy (non-hydrogen) atoms. The van der Waals surface area contributed by atoms with E-state index in [4.69, 9.17) is 9.47 Å². The van der Waals surface area contributed by atoms with Crippen LogP contribution in [0.15, 0.2) is 0 Å². The molecule has 0 aromatic rings. The second kappa shape index (κ2) is 5.75. The molecule has 0 N–H and O–H groups in total. The molecule has 1 unspecified atom stereocenters. The van der Waals surface area contributed by atoms with Crippen molar-refractivity contribution in [1.82, 2.24) is 0 Å². The topological polar surface area (TPSA) is 52.6 Å². The van der Waals surface area contributed by atoms with Crippen LogP contribution in [0.1, 0.15) is 26.2 Å². The number of carbonyl (C=O) groups is 2. The zero-order chi connectivity index (χ0) is 10.4. The highest BCUT2D eigenvalue weighted by molar-refractivity contribution is 5.85. The van der Waals surface area contributed by atoms with E-state index in [9.17, 15) is 9.59 Å². The summed E-state index contributed by atoms with van der Waals surface area (Å²) in [5.74, 6) is -0.167. The van der Waals surface area contributed by atoms with Gasteiger partial charge in [0.2, 0.25) is 0 Å². The van der Waals surface area contributed by atoms with Gasteiger partial charge in [-0.05, 0) is 13.3 Å². The molecule has 1 atom stereocenters. The first-order valence-corrected chi connectivity index (χ1v) is 5.00. The molecule has 1 rings (SSSR count). The van der Waals surface area contributed by atoms with E-state index in [2.05, 4.69) is 0 Å². The van der Waals surface area contributed by atoms with E-state index in [0.29, 0.717) is 19.8 Å². The van der Waals surface area contributed by atoms with Gasteiger partial charge in [-0.1, -0.05) is 0 Å². The average molecular weight is 200 g/mol. The first kappa shape index (κ1) is 11.2. The van der Waals surface area contributed by atoms with E-state index >= 15 is 0 Å². The van der Waals surface area contributed by atoms with Gasteiger partial charge in [-0.25, -0.2) is 0 Å². The van der Waals surface area contributed by atoms with Crippen molar-refractivity contribution in [2.75, 3.05) is 19.8 Å². The predicted octanol–water partition coefficient (Wildman–Crippen LogP) is 0.935. The van der Waals surface area contributed by atoms with E-state index < -0.39 is 0 Å². The van der Waals surface area contributed by atoms with Crippen LogP contribution in [-0.4, -0.2) is 31.6 Å². The Kier molecular flexibility index (Phi) is 4.59. The van der Waals surface area contributed by atoms with Crippen molar-refractivity contribution in [3.63, 3.8) is 0 Å². The lowest BCUT2D eigenvalue weighted by molar-refractivity contribution is -0.144. The van der Waals surface area contributed by atoms with Crippen LogP contribution in [0.25, 0.3) is 0 Å². The Morgan fingerprint density at radius 1 is 1.43 bits per heavy atom. The molecule has 0 aromatic heterocycles. The van der Waals surface area contributed by atoms with Crippen LogP contribution < -0.4 is 0 Å². The van der Waals surface area contributed by atoms with Crippen LogP contribution >= 0.6 is 0 Å². The van der Waals surface area contributed by atoms with Crippen molar-refractivity contribution in [1.29, 1.82) is 0 Å². The number of hydrogen-bond donors (Lipinski definition) is 0. The van der Waals surface area contributed by atoms with Crippen molar-refractivity contribution in [2.24, 2.45) is 5.92 Å². The Balaban J connectivity index is 2.17. The lowest BCUT2D eigenvalue weighted by Gasteiger charge is -2.05. The molecule has 0 aliphatic carbocycles. The molecule has 0 bridgehead atoms. The second-order valence-electron chi connectivity index (χ2n) is 3.33. The number of ketones is 1. The van der Waals surface area contributed by atoms with Gasteiger partial charge in [-0.15, -0.1) is 0 Å². The molecular formula is C10H16O4. The Morgan fingerprint density at radius 2 is 2.21 bits per heavy atom. The Labute approximate surface area is 83.6 Å². The molecule has 1 heterocycles. The fourth-order valence-electron chi connectivity index (χ4n) is 1.45. The van der Waals surface area contributed by atoms with Crippen molar-refractivity contribution in [3.8, 4) is 0 Å². The van der Waals surface area contributed by atoms with E-state index in [-0.39, 0.29) is 30.5 Å². The Hall–Kier alpha value is -0.900. The molecule has 0 spiro atoms. The first-order valence-electron chi connectivity index (χ1n) is 5.00. The van der Waals surface area contributed by atoms with Crippen molar-refractivity contribution >= 4 is 11.8 Å². The minimum atomic E-state index is -0.292. The molecule has 0 saturated carbocycles. The molecule has 0 radical (unpaired) electrons. The molecule has 1 saturated heterocycles. The maximum atomic E-state index is 11.5. The summed E-state index contributed by atoms with van der Waals surface area (Å²) in [6, 6.07) is 0. The van der Waals surface area contributed by atoms with E-state index in [1.807, 2.05) is 0 Å². The summed E-state index contributed by atoms with van der Waals surface area (Å²) < 4.78 is 9.83. The largest absolute Gasteiger partial charge is 0.466 e. The lowest BCUT2D eigenvalue weighted by atomic mass is 10.00. The Morgan fingerprint density at radius 3 is 2.79 bits per heavy atom. The van der Waals surface area contributed by atoms with Crippen LogP contribution in [0.2, 0.25) is 0 Å². The maximum absolute atomic E-state index is 11.5. The fourth-order valence-corrected chi connectivity index (χ4v) is 1.45. The van der Waals surface area contributed by atoms with Gasteiger partial charge in [0.1, 0.15) is 5.78 Å². The third kappa shape index (κ3) is 3.46. The van der Waals surface area contributed by atoms with Gasteiger partial charge in [0.15, 0.2) is 0 Å². The van der Waals surface area contributed by atoms with Gasteiger partial charge < -0.3 is 9.47 Å². The van der Waals surface area contributed by atoms with Gasteiger partial charge in [-0.2, -0.15) is 0 Å². The van der Waals surface area contributed by atoms with Crippen LogP contribution in [0.5, 0.6) is 0 Å². The number of ether oxygens (including phenoxy) is 2. The van der Waals surface area contributed by atoms with Crippen LogP contribution in [0.3, 0.4) is 0 Å². The molecule has 4 nitrogen and oxygen atoms in total. The quantitative estimate of drug-likeness (QED) is 0.620. The van der Waals surface area contributed by atoms with Gasteiger partial charge in [0, 0.05) is 18.9 Å². The van der Waals surface area contributed by atoms with Crippen LogP contribution in [-0.2, 0) is 19.1 Å². The molecular weight excluding hydrogens is 184 g/mol. The third-order valence-electron chi connectivity index (χ3n) is 2.27. The summed E-state index contributed by atoms with van der Waals surface area (Å²) in [6.07, 6.45) is 1.28. The summed E-state index contributed by atoms with van der Waals surface area (Å²) in [5.41, 5.74) is 0. The van der Waals surface area contributed by atoms with E-state index in [1.165, 1.54) is 0 Å². The standard InChI is InChI=1S/C10H16O4/c1-2-14-10(12)4-3-9(11)8-5-6-13-7-8/h8H,2-7H2,1H3. The summed E-state index contributed by atoms with van der Waals surface area (Å²) in [6.45, 7) is 3.31. The summed E-state index contributed by atoms with van der Waals surface area (Å²) in [4.78, 5) is 22.4. The number of Topliss-reactive ketones (excluding diaryl/α,β-unsaturated/α-hetero) is 1. The number of carbonyl (C=O) groups excluding carboxylic acids is 2. The summed E-state index contributed by atoms with van der Waals surface area (Å²) >= 11 is 0. The second-order valence-corrected chi connectivity index (χ2v) is 3.33. The zero-order valence-corrected chi connectivity index (χ0v) is 8.45. The third-order valence-corrected chi connectivity index (χ3v) is 2.27. The van der Waals surface area contributed by atoms with E-state index in [1.54, 1.807) is 6.92 Å². The fraction of sp³-hybridized carbons (Fsp3) is 0.800. The molecule has 1 aliphatic rings. The maximum Gasteiger partial charge on any atom is 0.306 e. The monoisotopic (exact) mass is 200 g/mol. The average Bonchev–Trinajstić information content (AvgIpc) is 2.67. The lowest BCUT2D eigenvalue weighted by Crippen LogP contribution is -2.16. The highest BCUT2D eigenvalue weighted by Gasteiger charge is 2.23. The van der Waals surface area contributed by atoms with E-state index in [0.717, 1.165) is 6.42 Å². The summed E-state index contributed by atoms with van der Waals surface area (Å²) in [7, 11) is 0. The Bertz CT molecular complexity index is 206. The SMILES string of the molecule is CCOC(=O)CCC(=O)C1CCOC1. The number of esters is 1. The molecule has 80 valence electrons. The van der Waals surface area contributed by atoms with Crippen LogP contribution in [0.4, 0.5) is 0 Å². The smallest absolute Gasteiger partial charge is 0.306 e. The van der Waals surface area contributed by atoms with Crippen molar-refractivity contribution in [2.45, 2.75) is 26.2 Å². The minimum absolute atomic E-state index is 0.00410. The van der Waals surface area contributed by atoms with Crippen molar-refractivity contribution < 1.29 is 19.1 Å². The highest BCUT2D eigenvalue weighted by atomic mass is 16.5. The first-order chi connectivity index (χ1) is 6.74. The minimum Gasteiger partial charge on any atom is -0.466 e. The zero-order valence-electron chi connectivity index (χ0n) is 8.45. The molecule has 0 aromatic carbocycles. The molecule has 0 amide bonds.